The highest BCUT2D eigenvalue weighted by molar-refractivity contribution is 6.35. The molecule has 57 valence electrons. The van der Waals surface area contributed by atoms with Crippen molar-refractivity contribution in [1.29, 1.82) is 0 Å². The van der Waals surface area contributed by atoms with E-state index in [9.17, 15) is 0 Å². The molecule has 1 aromatic carbocycles. The van der Waals surface area contributed by atoms with Crippen LogP contribution >= 0.6 is 23.2 Å². The predicted octanol–water partition coefficient (Wildman–Crippen LogP) is 3.14. The van der Waals surface area contributed by atoms with E-state index in [2.05, 4.69) is 6.07 Å². The summed E-state index contributed by atoms with van der Waals surface area (Å²) in [5.41, 5.74) is 1.16. The van der Waals surface area contributed by atoms with E-state index in [1.807, 2.05) is 0 Å². The van der Waals surface area contributed by atoms with Gasteiger partial charge in [0.25, 0.3) is 0 Å². The average Bonchev–Trinajstić information content (AvgIpc) is 2.06. The predicted molar refractivity (Wildman–Crippen MR) is 45.7 cm³/mol. The summed E-state index contributed by atoms with van der Waals surface area (Å²) in [7, 11) is 0. The Balaban J connectivity index is 2.65. The van der Waals surface area contributed by atoms with Gasteiger partial charge in [0.2, 0.25) is 5.22 Å². The quantitative estimate of drug-likeness (QED) is 0.647. The lowest BCUT2D eigenvalue weighted by Gasteiger charge is -2.00. The van der Waals surface area contributed by atoms with Crippen molar-refractivity contribution in [3.05, 3.63) is 41.1 Å². The number of benzene rings is 1. The Morgan fingerprint density at radius 1 is 1.45 bits per heavy atom. The Morgan fingerprint density at radius 2 is 2.09 bits per heavy atom. The summed E-state index contributed by atoms with van der Waals surface area (Å²) in [5, 5.41) is 0.151. The summed E-state index contributed by atoms with van der Waals surface area (Å²) in [4.78, 5) is 0. The van der Waals surface area contributed by atoms with Crippen molar-refractivity contribution in [3.8, 4) is 5.75 Å². The van der Waals surface area contributed by atoms with Gasteiger partial charge < -0.3 is 4.74 Å². The second-order valence-corrected chi connectivity index (χ2v) is 2.34. The molecule has 0 spiro atoms. The normalized spacial score (nSPS) is 11.3. The number of hydrogen-bond acceptors (Lipinski definition) is 1. The molecule has 0 N–H and O–H groups in total. The number of halogens is 2. The van der Waals surface area contributed by atoms with Crippen LogP contribution in [0.1, 0.15) is 0 Å². The van der Waals surface area contributed by atoms with E-state index in [1.165, 1.54) is 0 Å². The van der Waals surface area contributed by atoms with E-state index >= 15 is 0 Å². The fourth-order valence-corrected chi connectivity index (χ4v) is 0.708. The highest BCUT2D eigenvalue weighted by Gasteiger charge is 1.93. The first-order chi connectivity index (χ1) is 5.33. The van der Waals surface area contributed by atoms with Crippen LogP contribution in [-0.2, 0) is 0 Å². The molecule has 1 rings (SSSR count). The number of ether oxygens (including phenoxy) is 1. The van der Waals surface area contributed by atoms with Gasteiger partial charge in [-0.25, -0.2) is 0 Å². The zero-order valence-electron chi connectivity index (χ0n) is 5.55. The third-order valence-electron chi connectivity index (χ3n) is 0.989. The maximum Gasteiger partial charge on any atom is 0.205 e. The molecule has 0 aromatic heterocycles. The van der Waals surface area contributed by atoms with Crippen LogP contribution in [0.25, 0.3) is 0 Å². The molecule has 0 saturated carbocycles. The highest BCUT2D eigenvalue weighted by Crippen LogP contribution is 2.14. The second kappa shape index (κ2) is 4.27. The summed E-state index contributed by atoms with van der Waals surface area (Å²) < 4.78 is 5.04. The van der Waals surface area contributed by atoms with E-state index in [4.69, 9.17) is 27.9 Å². The standard InChI is InChI=1S/C8H5Cl2O/c9-6-8(10)11-7-4-2-1-3-5-7/h2-6H/b8-6+. The summed E-state index contributed by atoms with van der Waals surface area (Å²) in [6.07, 6.45) is 0. The minimum atomic E-state index is 0.151. The zero-order valence-corrected chi connectivity index (χ0v) is 7.06. The van der Waals surface area contributed by atoms with Gasteiger partial charge in [0, 0.05) is 0 Å². The summed E-state index contributed by atoms with van der Waals surface area (Å²) in [6.45, 7) is 0. The van der Waals surface area contributed by atoms with Crippen molar-refractivity contribution in [3.63, 3.8) is 0 Å². The van der Waals surface area contributed by atoms with Gasteiger partial charge in [0.1, 0.15) is 5.75 Å². The smallest absolute Gasteiger partial charge is 0.205 e. The fourth-order valence-electron chi connectivity index (χ4n) is 0.575. The SMILES string of the molecule is Cl/C=C(\Cl)Oc1cc[c]cc1. The molecule has 0 bridgehead atoms. The number of hydrogen-bond donors (Lipinski definition) is 0. The molecule has 0 atom stereocenters. The molecule has 1 nitrogen and oxygen atoms in total. The average molecular weight is 188 g/mol. The summed E-state index contributed by atoms with van der Waals surface area (Å²) in [6, 6.07) is 9.79. The van der Waals surface area contributed by atoms with E-state index < -0.39 is 0 Å². The van der Waals surface area contributed by atoms with Crippen molar-refractivity contribution in [2.75, 3.05) is 0 Å². The van der Waals surface area contributed by atoms with Gasteiger partial charge in [-0.15, -0.1) is 0 Å². The molecular weight excluding hydrogens is 183 g/mol. The molecule has 11 heavy (non-hydrogen) atoms. The molecule has 0 unspecified atom stereocenters. The van der Waals surface area contributed by atoms with Gasteiger partial charge in [-0.1, -0.05) is 23.7 Å². The first-order valence-electron chi connectivity index (χ1n) is 2.93. The lowest BCUT2D eigenvalue weighted by atomic mass is 10.3. The zero-order chi connectivity index (χ0) is 8.10. The molecule has 0 aliphatic carbocycles. The van der Waals surface area contributed by atoms with Gasteiger partial charge in [-0.2, -0.15) is 0 Å². The van der Waals surface area contributed by atoms with Crippen LogP contribution in [0.3, 0.4) is 0 Å². The van der Waals surface area contributed by atoms with Crippen LogP contribution in [0, 0.1) is 6.07 Å². The second-order valence-electron chi connectivity index (χ2n) is 1.75. The van der Waals surface area contributed by atoms with Crippen LogP contribution in [0.5, 0.6) is 5.75 Å². The molecule has 0 fully saturated rings. The van der Waals surface area contributed by atoms with Crippen molar-refractivity contribution >= 4 is 23.2 Å². The molecule has 3 heteroatoms. The Morgan fingerprint density at radius 3 is 2.64 bits per heavy atom. The first kappa shape index (κ1) is 8.44. The van der Waals surface area contributed by atoms with Gasteiger partial charge in [0.05, 0.1) is 5.54 Å². The summed E-state index contributed by atoms with van der Waals surface area (Å²) >= 11 is 10.8. The fraction of sp³-hybridized carbons (Fsp3) is 0. The van der Waals surface area contributed by atoms with Crippen LogP contribution in [0.4, 0.5) is 0 Å². The molecule has 1 radical (unpaired) electrons. The lowest BCUT2D eigenvalue weighted by molar-refractivity contribution is 0.464. The first-order valence-corrected chi connectivity index (χ1v) is 3.74. The van der Waals surface area contributed by atoms with Gasteiger partial charge in [0.15, 0.2) is 0 Å². The molecule has 0 amide bonds. The van der Waals surface area contributed by atoms with Crippen LogP contribution in [-0.4, -0.2) is 0 Å². The topological polar surface area (TPSA) is 9.23 Å². The number of rotatable bonds is 2. The van der Waals surface area contributed by atoms with Crippen LogP contribution in [0.2, 0.25) is 0 Å². The van der Waals surface area contributed by atoms with Gasteiger partial charge in [-0.3, -0.25) is 0 Å². The van der Waals surface area contributed by atoms with Crippen molar-refractivity contribution in [1.82, 2.24) is 0 Å². The Labute approximate surface area is 75.2 Å². The largest absolute Gasteiger partial charge is 0.444 e. The van der Waals surface area contributed by atoms with E-state index in [0.717, 1.165) is 5.54 Å². The van der Waals surface area contributed by atoms with Crippen LogP contribution < -0.4 is 4.74 Å². The van der Waals surface area contributed by atoms with E-state index in [1.54, 1.807) is 24.3 Å². The van der Waals surface area contributed by atoms with E-state index in [-0.39, 0.29) is 5.22 Å². The minimum absolute atomic E-state index is 0.151. The van der Waals surface area contributed by atoms with Crippen LogP contribution in [0.15, 0.2) is 35.0 Å². The third-order valence-corrected chi connectivity index (χ3v) is 1.48. The van der Waals surface area contributed by atoms with Crippen molar-refractivity contribution in [2.24, 2.45) is 0 Å². The van der Waals surface area contributed by atoms with Crippen molar-refractivity contribution in [2.45, 2.75) is 0 Å². The highest BCUT2D eigenvalue weighted by atomic mass is 35.5. The maximum absolute atomic E-state index is 5.50. The maximum atomic E-state index is 5.50. The summed E-state index contributed by atoms with van der Waals surface area (Å²) in [5.74, 6) is 0.644. The Hall–Kier alpha value is -0.660. The van der Waals surface area contributed by atoms with Gasteiger partial charge >= 0.3 is 0 Å². The van der Waals surface area contributed by atoms with Gasteiger partial charge in [-0.05, 0) is 29.8 Å². The lowest BCUT2D eigenvalue weighted by Crippen LogP contribution is -1.85. The molecule has 0 heterocycles. The molecule has 0 aliphatic heterocycles. The molecule has 0 saturated heterocycles. The molecule has 1 aromatic rings. The minimum Gasteiger partial charge on any atom is -0.444 e. The van der Waals surface area contributed by atoms with E-state index in [0.29, 0.717) is 5.75 Å². The monoisotopic (exact) mass is 187 g/mol. The Bertz CT molecular complexity index is 244. The molecular formula is C8H5Cl2O. The van der Waals surface area contributed by atoms with Crippen molar-refractivity contribution < 1.29 is 4.74 Å². The third kappa shape index (κ3) is 2.83. The Kier molecular flexibility index (Phi) is 3.27. The molecule has 0 aliphatic rings.